The van der Waals surface area contributed by atoms with Crippen molar-refractivity contribution in [3.8, 4) is 0 Å². The highest BCUT2D eigenvalue weighted by Crippen LogP contribution is 2.38. The Morgan fingerprint density at radius 3 is 1.02 bits per heavy atom. The van der Waals surface area contributed by atoms with Gasteiger partial charge in [0.2, 0.25) is 0 Å². The normalized spacial score (nSPS) is 13.3. The van der Waals surface area contributed by atoms with Gasteiger partial charge in [0.1, 0.15) is 19.8 Å². The zero-order valence-electron chi connectivity index (χ0n) is 42.6. The molecule has 0 N–H and O–H groups in total. The van der Waals surface area contributed by atoms with Crippen molar-refractivity contribution in [1.29, 1.82) is 0 Å². The summed E-state index contributed by atoms with van der Waals surface area (Å²) in [5.41, 5.74) is 0. The standard InChI is InChI=1S/C53H106NO8P/c1-6-8-10-12-14-16-18-20-22-24-25-26-27-28-30-32-34-36-38-40-42-44-46-53(56)62-51(50-61-63(57,58)60-48-47-54(3,4)5)49-59-52(55)45-43-41-39-37-35-33-31-29-23-21-19-17-15-13-11-9-7-2/h51H,6-50H2,1-5H3. The molecule has 0 fully saturated rings. The van der Waals surface area contributed by atoms with Gasteiger partial charge in [0.25, 0.3) is 7.82 Å². The summed E-state index contributed by atoms with van der Waals surface area (Å²) in [4.78, 5) is 37.8. The predicted molar refractivity (Wildman–Crippen MR) is 264 cm³/mol. The second-order valence-corrected chi connectivity index (χ2v) is 21.4. The van der Waals surface area contributed by atoms with E-state index in [-0.39, 0.29) is 32.0 Å². The number of hydrogen-bond acceptors (Lipinski definition) is 8. The lowest BCUT2D eigenvalue weighted by Gasteiger charge is -2.28. The Hall–Kier alpha value is -0.990. The lowest BCUT2D eigenvalue weighted by atomic mass is 10.0. The minimum Gasteiger partial charge on any atom is -0.756 e. The largest absolute Gasteiger partial charge is 0.756 e. The Bertz CT molecular complexity index is 1040. The van der Waals surface area contributed by atoms with E-state index >= 15 is 0 Å². The second kappa shape index (κ2) is 46.1. The Morgan fingerprint density at radius 2 is 0.714 bits per heavy atom. The number of carbonyl (C=O) groups is 2. The van der Waals surface area contributed by atoms with Crippen LogP contribution < -0.4 is 4.89 Å². The number of phosphoric ester groups is 1. The topological polar surface area (TPSA) is 111 Å². The van der Waals surface area contributed by atoms with Gasteiger partial charge in [-0.2, -0.15) is 0 Å². The van der Waals surface area contributed by atoms with E-state index in [2.05, 4.69) is 13.8 Å². The number of quaternary nitrogens is 1. The monoisotopic (exact) mass is 916 g/mol. The first-order valence-electron chi connectivity index (χ1n) is 27.2. The molecule has 0 saturated carbocycles. The molecule has 0 bridgehead atoms. The molecule has 376 valence electrons. The highest BCUT2D eigenvalue weighted by atomic mass is 31.2. The Morgan fingerprint density at radius 1 is 0.429 bits per heavy atom. The van der Waals surface area contributed by atoms with E-state index < -0.39 is 26.5 Å². The average Bonchev–Trinajstić information content (AvgIpc) is 3.24. The highest BCUT2D eigenvalue weighted by Gasteiger charge is 2.22. The summed E-state index contributed by atoms with van der Waals surface area (Å²) in [5, 5.41) is 0. The molecule has 63 heavy (non-hydrogen) atoms. The molecule has 0 aromatic rings. The summed E-state index contributed by atoms with van der Waals surface area (Å²) in [6.45, 7) is 4.30. The quantitative estimate of drug-likeness (QED) is 0.0257. The molecule has 10 heteroatoms. The molecule has 0 aliphatic rings. The van der Waals surface area contributed by atoms with Crippen molar-refractivity contribution in [2.45, 2.75) is 283 Å². The van der Waals surface area contributed by atoms with Crippen LogP contribution in [0.2, 0.25) is 0 Å². The average molecular weight is 916 g/mol. The SMILES string of the molecule is CCCCCCCCCCCCCCCCCCCCCCCCC(=O)OC(COC(=O)CCCCCCCCCCCCCCCCCCC)COP(=O)([O-])OCC[N+](C)(C)C. The molecule has 0 aliphatic carbocycles. The molecule has 0 amide bonds. The van der Waals surface area contributed by atoms with E-state index in [0.717, 1.165) is 32.1 Å². The van der Waals surface area contributed by atoms with E-state index in [0.29, 0.717) is 17.4 Å². The van der Waals surface area contributed by atoms with E-state index in [4.69, 9.17) is 18.5 Å². The van der Waals surface area contributed by atoms with Crippen molar-refractivity contribution in [1.82, 2.24) is 0 Å². The third kappa shape index (κ3) is 50.3. The molecule has 2 unspecified atom stereocenters. The summed E-state index contributed by atoms with van der Waals surface area (Å²) in [5.74, 6) is -0.811. The summed E-state index contributed by atoms with van der Waals surface area (Å²) in [6, 6.07) is 0. The minimum atomic E-state index is -4.62. The van der Waals surface area contributed by atoms with Crippen molar-refractivity contribution in [3.05, 3.63) is 0 Å². The van der Waals surface area contributed by atoms with Gasteiger partial charge in [0.15, 0.2) is 6.10 Å². The van der Waals surface area contributed by atoms with Crippen LogP contribution in [0.5, 0.6) is 0 Å². The molecular weight excluding hydrogens is 810 g/mol. The van der Waals surface area contributed by atoms with Gasteiger partial charge in [-0.25, -0.2) is 0 Å². The third-order valence-corrected chi connectivity index (χ3v) is 13.3. The van der Waals surface area contributed by atoms with Crippen LogP contribution in [-0.4, -0.2) is 70.0 Å². The molecule has 9 nitrogen and oxygen atoms in total. The summed E-state index contributed by atoms with van der Waals surface area (Å²) in [7, 11) is 1.19. The smallest absolute Gasteiger partial charge is 0.306 e. The van der Waals surface area contributed by atoms with Crippen molar-refractivity contribution >= 4 is 19.8 Å². The van der Waals surface area contributed by atoms with Crippen molar-refractivity contribution in [2.75, 3.05) is 47.5 Å². The van der Waals surface area contributed by atoms with Gasteiger partial charge in [-0.15, -0.1) is 0 Å². The van der Waals surface area contributed by atoms with Gasteiger partial charge in [0.05, 0.1) is 27.7 Å². The van der Waals surface area contributed by atoms with Crippen molar-refractivity contribution in [3.63, 3.8) is 0 Å². The molecule has 0 aromatic heterocycles. The number of rotatable bonds is 51. The van der Waals surface area contributed by atoms with Gasteiger partial charge in [-0.05, 0) is 12.8 Å². The van der Waals surface area contributed by atoms with E-state index in [1.807, 2.05) is 21.1 Å². The van der Waals surface area contributed by atoms with Gasteiger partial charge < -0.3 is 27.9 Å². The maximum Gasteiger partial charge on any atom is 0.306 e. The number of likely N-dealkylation sites (N-methyl/N-ethyl adjacent to an activating group) is 1. The molecule has 2 atom stereocenters. The van der Waals surface area contributed by atoms with Crippen LogP contribution in [0, 0.1) is 0 Å². The molecular formula is C53H106NO8P. The first kappa shape index (κ1) is 62.0. The second-order valence-electron chi connectivity index (χ2n) is 20.0. The molecule has 0 rings (SSSR count). The molecule has 0 heterocycles. The molecule has 0 saturated heterocycles. The Kier molecular flexibility index (Phi) is 45.4. The summed E-state index contributed by atoms with van der Waals surface area (Å²) < 4.78 is 34.1. The van der Waals surface area contributed by atoms with Crippen LogP contribution >= 0.6 is 7.82 Å². The van der Waals surface area contributed by atoms with Gasteiger partial charge in [0, 0.05) is 12.8 Å². The third-order valence-electron chi connectivity index (χ3n) is 12.4. The molecule has 0 aliphatic heterocycles. The van der Waals surface area contributed by atoms with Crippen LogP contribution in [0.15, 0.2) is 0 Å². The number of nitrogens with zero attached hydrogens (tertiary/aromatic N) is 1. The Labute approximate surface area is 391 Å². The van der Waals surface area contributed by atoms with E-state index in [9.17, 15) is 19.0 Å². The van der Waals surface area contributed by atoms with E-state index in [1.54, 1.807) is 0 Å². The number of hydrogen-bond donors (Lipinski definition) is 0. The van der Waals surface area contributed by atoms with Crippen LogP contribution in [-0.2, 0) is 32.7 Å². The predicted octanol–water partition coefficient (Wildman–Crippen LogP) is 15.7. The highest BCUT2D eigenvalue weighted by molar-refractivity contribution is 7.45. The van der Waals surface area contributed by atoms with Crippen LogP contribution in [0.25, 0.3) is 0 Å². The van der Waals surface area contributed by atoms with Crippen molar-refractivity contribution in [2.24, 2.45) is 0 Å². The number of esters is 2. The van der Waals surface area contributed by atoms with Gasteiger partial charge in [-0.1, -0.05) is 251 Å². The fourth-order valence-electron chi connectivity index (χ4n) is 8.13. The Balaban J connectivity index is 4.15. The lowest BCUT2D eigenvalue weighted by Crippen LogP contribution is -2.37. The van der Waals surface area contributed by atoms with Crippen LogP contribution in [0.4, 0.5) is 0 Å². The lowest BCUT2D eigenvalue weighted by molar-refractivity contribution is -0.870. The molecule has 0 aromatic carbocycles. The number of ether oxygens (including phenoxy) is 2. The number of unbranched alkanes of at least 4 members (excludes halogenated alkanes) is 37. The first-order valence-corrected chi connectivity index (χ1v) is 28.7. The van der Waals surface area contributed by atoms with Crippen LogP contribution in [0.3, 0.4) is 0 Å². The minimum absolute atomic E-state index is 0.0252. The zero-order chi connectivity index (χ0) is 46.4. The first-order chi connectivity index (χ1) is 30.5. The van der Waals surface area contributed by atoms with Crippen molar-refractivity contribution < 1.29 is 42.1 Å². The maximum absolute atomic E-state index is 12.8. The van der Waals surface area contributed by atoms with Gasteiger partial charge in [-0.3, -0.25) is 14.2 Å². The molecule has 0 radical (unpaired) electrons. The van der Waals surface area contributed by atoms with E-state index in [1.165, 1.54) is 212 Å². The zero-order valence-corrected chi connectivity index (χ0v) is 43.5. The summed E-state index contributed by atoms with van der Waals surface area (Å²) >= 11 is 0. The number of carbonyl (C=O) groups excluding carboxylic acids is 2. The maximum atomic E-state index is 12.8. The summed E-state index contributed by atoms with van der Waals surface area (Å²) in [6.07, 6.45) is 49.9. The fourth-order valence-corrected chi connectivity index (χ4v) is 8.86. The fraction of sp³-hybridized carbons (Fsp3) is 0.962. The van der Waals surface area contributed by atoms with Gasteiger partial charge >= 0.3 is 11.9 Å². The molecule has 0 spiro atoms. The number of phosphoric acid groups is 1. The van der Waals surface area contributed by atoms with Crippen LogP contribution in [0.1, 0.15) is 277 Å².